The number of hydrogen-bond acceptors (Lipinski definition) is 5. The van der Waals surface area contributed by atoms with Gasteiger partial charge in [0.1, 0.15) is 12.3 Å². The summed E-state index contributed by atoms with van der Waals surface area (Å²) in [6, 6.07) is 4.34. The van der Waals surface area contributed by atoms with Gasteiger partial charge in [0.25, 0.3) is 0 Å². The highest BCUT2D eigenvalue weighted by Crippen LogP contribution is 2.22. The van der Waals surface area contributed by atoms with Crippen molar-refractivity contribution in [2.45, 2.75) is 0 Å². The van der Waals surface area contributed by atoms with E-state index >= 15 is 0 Å². The van der Waals surface area contributed by atoms with Gasteiger partial charge >= 0.3 is 5.97 Å². The number of carboxylic acids is 1. The molecule has 1 aromatic carbocycles. The predicted molar refractivity (Wildman–Crippen MR) is 77.6 cm³/mol. The number of anilines is 1. The number of carboxylic acid groups (broad SMARTS) is 1. The highest BCUT2D eigenvalue weighted by atomic mass is 32.2. The Kier molecular flexibility index (Phi) is 4.69. The number of methoxy groups -OCH3 is 1. The molecule has 7 nitrogen and oxygen atoms in total. The summed E-state index contributed by atoms with van der Waals surface area (Å²) in [6.07, 6.45) is 0. The van der Waals surface area contributed by atoms with Crippen LogP contribution in [0.3, 0.4) is 0 Å². The van der Waals surface area contributed by atoms with Gasteiger partial charge in [-0.2, -0.15) is 0 Å². The lowest BCUT2D eigenvalue weighted by Crippen LogP contribution is -2.34. The van der Waals surface area contributed by atoms with Crippen LogP contribution in [0.5, 0.6) is 5.75 Å². The van der Waals surface area contributed by atoms with Gasteiger partial charge in [0, 0.05) is 0 Å². The lowest BCUT2D eigenvalue weighted by molar-refractivity contribution is -0.130. The van der Waals surface area contributed by atoms with Crippen molar-refractivity contribution in [3.63, 3.8) is 0 Å². The maximum Gasteiger partial charge on any atom is 0.337 e. The summed E-state index contributed by atoms with van der Waals surface area (Å²) in [5, 5.41) is 11.7. The Morgan fingerprint density at radius 1 is 1.48 bits per heavy atom. The molecule has 112 valence electrons. The normalized spacial score (nSPS) is 14.1. The maximum atomic E-state index is 11.9. The summed E-state index contributed by atoms with van der Waals surface area (Å²) >= 11 is 1.44. The molecule has 1 heterocycles. The molecule has 1 aliphatic rings. The SMILES string of the molecule is COc1ccc(NC(=O)CN2CSCC2=O)c(C(=O)O)c1. The third-order valence-corrected chi connectivity index (χ3v) is 3.84. The van der Waals surface area contributed by atoms with E-state index in [4.69, 9.17) is 9.84 Å². The number of amides is 2. The van der Waals surface area contributed by atoms with Crippen LogP contribution in [0.15, 0.2) is 18.2 Å². The van der Waals surface area contributed by atoms with E-state index in [1.807, 2.05) is 0 Å². The number of benzene rings is 1. The minimum atomic E-state index is -1.17. The average Bonchev–Trinajstić information content (AvgIpc) is 2.84. The number of rotatable bonds is 5. The molecule has 0 aromatic heterocycles. The Morgan fingerprint density at radius 3 is 2.81 bits per heavy atom. The summed E-state index contributed by atoms with van der Waals surface area (Å²) < 4.78 is 4.95. The molecule has 2 amide bonds. The second-order valence-corrected chi connectivity index (χ2v) is 5.29. The first kappa shape index (κ1) is 15.2. The van der Waals surface area contributed by atoms with Gasteiger partial charge in [0.2, 0.25) is 11.8 Å². The Bertz CT molecular complexity index is 590. The first-order chi connectivity index (χ1) is 10.0. The maximum absolute atomic E-state index is 11.9. The summed E-state index contributed by atoms with van der Waals surface area (Å²) in [5.74, 6) is -0.466. The lowest BCUT2D eigenvalue weighted by atomic mass is 10.1. The molecule has 0 aliphatic carbocycles. The number of ether oxygens (including phenoxy) is 1. The zero-order chi connectivity index (χ0) is 15.4. The number of carbonyl (C=O) groups excluding carboxylic acids is 2. The van der Waals surface area contributed by atoms with Crippen molar-refractivity contribution >= 4 is 35.2 Å². The van der Waals surface area contributed by atoms with Crippen LogP contribution in [0.4, 0.5) is 5.69 Å². The van der Waals surface area contributed by atoms with Crippen molar-refractivity contribution in [2.24, 2.45) is 0 Å². The van der Waals surface area contributed by atoms with E-state index < -0.39 is 11.9 Å². The molecule has 1 saturated heterocycles. The molecule has 0 atom stereocenters. The molecule has 8 heteroatoms. The van der Waals surface area contributed by atoms with Crippen LogP contribution in [-0.2, 0) is 9.59 Å². The Hall–Kier alpha value is -2.22. The molecule has 1 aliphatic heterocycles. The van der Waals surface area contributed by atoms with Crippen LogP contribution >= 0.6 is 11.8 Å². The fourth-order valence-electron chi connectivity index (χ4n) is 1.84. The summed E-state index contributed by atoms with van der Waals surface area (Å²) in [7, 11) is 1.43. The van der Waals surface area contributed by atoms with Crippen LogP contribution in [0.1, 0.15) is 10.4 Å². The number of hydrogen-bond donors (Lipinski definition) is 2. The fraction of sp³-hybridized carbons (Fsp3) is 0.308. The second-order valence-electron chi connectivity index (χ2n) is 4.33. The van der Waals surface area contributed by atoms with Crippen LogP contribution in [0.25, 0.3) is 0 Å². The van der Waals surface area contributed by atoms with Gasteiger partial charge in [-0.05, 0) is 18.2 Å². The smallest absolute Gasteiger partial charge is 0.337 e. The number of carbonyl (C=O) groups is 3. The van der Waals surface area contributed by atoms with Crippen LogP contribution < -0.4 is 10.1 Å². The van der Waals surface area contributed by atoms with Gasteiger partial charge in [0.15, 0.2) is 0 Å². The van der Waals surface area contributed by atoms with E-state index in [0.29, 0.717) is 17.4 Å². The van der Waals surface area contributed by atoms with Crippen molar-refractivity contribution in [1.29, 1.82) is 0 Å². The van der Waals surface area contributed by atoms with E-state index in [1.165, 1.54) is 35.9 Å². The molecular formula is C13H14N2O5S. The molecule has 0 saturated carbocycles. The Labute approximate surface area is 125 Å². The number of thioether (sulfide) groups is 1. The summed E-state index contributed by atoms with van der Waals surface area (Å²) in [4.78, 5) is 36.0. The molecule has 21 heavy (non-hydrogen) atoms. The molecule has 1 aromatic rings. The largest absolute Gasteiger partial charge is 0.497 e. The molecule has 2 N–H and O–H groups in total. The number of nitrogens with one attached hydrogen (secondary N) is 1. The molecule has 0 bridgehead atoms. The van der Waals surface area contributed by atoms with Crippen LogP contribution in [0.2, 0.25) is 0 Å². The van der Waals surface area contributed by atoms with Gasteiger partial charge in [-0.3, -0.25) is 9.59 Å². The minimum absolute atomic E-state index is 0.0650. The molecular weight excluding hydrogens is 296 g/mol. The van der Waals surface area contributed by atoms with Gasteiger partial charge in [-0.1, -0.05) is 0 Å². The third-order valence-electron chi connectivity index (χ3n) is 2.89. The predicted octanol–water partition coefficient (Wildman–Crippen LogP) is 0.865. The van der Waals surface area contributed by atoms with Crippen LogP contribution in [0, 0.1) is 0 Å². The third kappa shape index (κ3) is 3.66. The van der Waals surface area contributed by atoms with E-state index in [-0.39, 0.29) is 23.7 Å². The molecule has 0 unspecified atom stereocenters. The standard InChI is InChI=1S/C13H14N2O5S/c1-20-8-2-3-10(9(4-8)13(18)19)14-11(16)5-15-7-21-6-12(15)17/h2-4H,5-7H2,1H3,(H,14,16)(H,18,19). The molecule has 1 fully saturated rings. The highest BCUT2D eigenvalue weighted by Gasteiger charge is 2.23. The minimum Gasteiger partial charge on any atom is -0.497 e. The highest BCUT2D eigenvalue weighted by molar-refractivity contribution is 8.00. The first-order valence-corrected chi connectivity index (χ1v) is 7.23. The van der Waals surface area contributed by atoms with Crippen molar-refractivity contribution in [1.82, 2.24) is 4.90 Å². The van der Waals surface area contributed by atoms with Gasteiger partial charge in [0.05, 0.1) is 30.0 Å². The van der Waals surface area contributed by atoms with Crippen molar-refractivity contribution in [2.75, 3.05) is 30.6 Å². The average molecular weight is 310 g/mol. The van der Waals surface area contributed by atoms with E-state index in [2.05, 4.69) is 5.32 Å². The van der Waals surface area contributed by atoms with Gasteiger partial charge < -0.3 is 20.1 Å². The summed E-state index contributed by atoms with van der Waals surface area (Å²) in [6.45, 7) is -0.0864. The number of aromatic carboxylic acids is 1. The molecule has 0 spiro atoms. The fourth-order valence-corrected chi connectivity index (χ4v) is 2.74. The van der Waals surface area contributed by atoms with E-state index in [9.17, 15) is 14.4 Å². The van der Waals surface area contributed by atoms with Gasteiger partial charge in [-0.15, -0.1) is 11.8 Å². The quantitative estimate of drug-likeness (QED) is 0.837. The second kappa shape index (κ2) is 6.49. The summed E-state index contributed by atoms with van der Waals surface area (Å²) in [5.41, 5.74) is 0.109. The Morgan fingerprint density at radius 2 is 2.24 bits per heavy atom. The zero-order valence-corrected chi connectivity index (χ0v) is 12.1. The number of nitrogens with zero attached hydrogens (tertiary/aromatic N) is 1. The van der Waals surface area contributed by atoms with Crippen LogP contribution in [-0.4, -0.2) is 53.1 Å². The van der Waals surface area contributed by atoms with Crippen molar-refractivity contribution in [3.8, 4) is 5.75 Å². The first-order valence-electron chi connectivity index (χ1n) is 6.08. The lowest BCUT2D eigenvalue weighted by Gasteiger charge is -2.15. The topological polar surface area (TPSA) is 95.9 Å². The molecule has 2 rings (SSSR count). The monoisotopic (exact) mass is 310 g/mol. The van der Waals surface area contributed by atoms with Gasteiger partial charge in [-0.25, -0.2) is 4.79 Å². The molecule has 0 radical (unpaired) electrons. The van der Waals surface area contributed by atoms with Crippen molar-refractivity contribution < 1.29 is 24.2 Å². The van der Waals surface area contributed by atoms with Crippen molar-refractivity contribution in [3.05, 3.63) is 23.8 Å². The van der Waals surface area contributed by atoms with E-state index in [1.54, 1.807) is 6.07 Å². The Balaban J connectivity index is 2.09. The van der Waals surface area contributed by atoms with E-state index in [0.717, 1.165) is 0 Å². The zero-order valence-electron chi connectivity index (χ0n) is 11.3.